The monoisotopic (exact) mass is 251 g/mol. The predicted octanol–water partition coefficient (Wildman–Crippen LogP) is 2.93. The fourth-order valence-electron chi connectivity index (χ4n) is 1.59. The Kier molecular flexibility index (Phi) is 6.05. The molecular weight excluding hydrogens is 230 g/mol. The van der Waals surface area contributed by atoms with Crippen LogP contribution in [0.1, 0.15) is 32.3 Å². The van der Waals surface area contributed by atoms with Crippen LogP contribution in [0.4, 0.5) is 4.79 Å². The Morgan fingerprint density at radius 1 is 1.33 bits per heavy atom. The molecule has 0 aliphatic rings. The SMILES string of the molecule is CCOC(=O)NCCOc1ccccc1C(C)C. The molecule has 1 aromatic rings. The lowest BCUT2D eigenvalue weighted by Gasteiger charge is -2.13. The fraction of sp³-hybridized carbons (Fsp3) is 0.500. The summed E-state index contributed by atoms with van der Waals surface area (Å²) in [5.74, 6) is 1.29. The molecule has 0 unspecified atom stereocenters. The number of amides is 1. The van der Waals surface area contributed by atoms with E-state index >= 15 is 0 Å². The number of carbonyl (C=O) groups is 1. The lowest BCUT2D eigenvalue weighted by atomic mass is 10.0. The largest absolute Gasteiger partial charge is 0.491 e. The standard InChI is InChI=1S/C14H21NO3/c1-4-17-14(16)15-9-10-18-13-8-6-5-7-12(13)11(2)3/h5-8,11H,4,9-10H2,1-3H3,(H,15,16). The minimum Gasteiger partial charge on any atom is -0.491 e. The Balaban J connectivity index is 2.37. The quantitative estimate of drug-likeness (QED) is 0.791. The smallest absolute Gasteiger partial charge is 0.407 e. The Labute approximate surface area is 108 Å². The highest BCUT2D eigenvalue weighted by Gasteiger charge is 2.06. The minimum absolute atomic E-state index is 0.378. The van der Waals surface area contributed by atoms with Gasteiger partial charge in [-0.25, -0.2) is 4.79 Å². The van der Waals surface area contributed by atoms with Gasteiger partial charge in [-0.3, -0.25) is 0 Å². The van der Waals surface area contributed by atoms with Crippen molar-refractivity contribution in [3.05, 3.63) is 29.8 Å². The summed E-state index contributed by atoms with van der Waals surface area (Å²) < 4.78 is 10.4. The average Bonchev–Trinajstić information content (AvgIpc) is 2.35. The highest BCUT2D eigenvalue weighted by atomic mass is 16.5. The van der Waals surface area contributed by atoms with E-state index in [9.17, 15) is 4.79 Å². The molecule has 100 valence electrons. The van der Waals surface area contributed by atoms with Crippen LogP contribution in [-0.2, 0) is 4.74 Å². The summed E-state index contributed by atoms with van der Waals surface area (Å²) in [5, 5.41) is 2.62. The molecule has 4 heteroatoms. The van der Waals surface area contributed by atoms with Gasteiger partial charge < -0.3 is 14.8 Å². The first-order valence-corrected chi connectivity index (χ1v) is 6.27. The second kappa shape index (κ2) is 7.58. The van der Waals surface area contributed by atoms with Gasteiger partial charge in [0.05, 0.1) is 13.2 Å². The fourth-order valence-corrected chi connectivity index (χ4v) is 1.59. The third-order valence-corrected chi connectivity index (χ3v) is 2.45. The van der Waals surface area contributed by atoms with Gasteiger partial charge in [-0.05, 0) is 24.5 Å². The van der Waals surface area contributed by atoms with Crippen molar-refractivity contribution in [2.45, 2.75) is 26.7 Å². The zero-order valence-electron chi connectivity index (χ0n) is 11.2. The third-order valence-electron chi connectivity index (χ3n) is 2.45. The van der Waals surface area contributed by atoms with Crippen LogP contribution in [0.3, 0.4) is 0 Å². The Morgan fingerprint density at radius 3 is 2.72 bits per heavy atom. The van der Waals surface area contributed by atoms with Crippen molar-refractivity contribution in [2.24, 2.45) is 0 Å². The molecule has 0 atom stereocenters. The summed E-state index contributed by atoms with van der Waals surface area (Å²) in [5.41, 5.74) is 1.17. The molecule has 1 N–H and O–H groups in total. The van der Waals surface area contributed by atoms with Gasteiger partial charge in [0.25, 0.3) is 0 Å². The van der Waals surface area contributed by atoms with Crippen LogP contribution in [0.25, 0.3) is 0 Å². The summed E-state index contributed by atoms with van der Waals surface area (Å²) >= 11 is 0. The molecule has 1 aromatic carbocycles. The molecule has 0 radical (unpaired) electrons. The number of rotatable bonds is 6. The van der Waals surface area contributed by atoms with Gasteiger partial charge in [0.2, 0.25) is 0 Å². The van der Waals surface area contributed by atoms with Gasteiger partial charge in [0.15, 0.2) is 0 Å². The summed E-state index contributed by atoms with van der Waals surface area (Å²) in [6.45, 7) is 7.27. The summed E-state index contributed by atoms with van der Waals surface area (Å²) in [4.78, 5) is 11.0. The van der Waals surface area contributed by atoms with Crippen LogP contribution in [0.5, 0.6) is 5.75 Å². The molecular formula is C14H21NO3. The van der Waals surface area contributed by atoms with Gasteiger partial charge in [-0.2, -0.15) is 0 Å². The maximum absolute atomic E-state index is 11.0. The second-order valence-electron chi connectivity index (χ2n) is 4.19. The molecule has 18 heavy (non-hydrogen) atoms. The van der Waals surface area contributed by atoms with Crippen molar-refractivity contribution in [3.8, 4) is 5.75 Å². The van der Waals surface area contributed by atoms with Gasteiger partial charge in [-0.1, -0.05) is 32.0 Å². The zero-order chi connectivity index (χ0) is 13.4. The van der Waals surface area contributed by atoms with Gasteiger partial charge in [-0.15, -0.1) is 0 Å². The minimum atomic E-state index is -0.404. The summed E-state index contributed by atoms with van der Waals surface area (Å²) in [6, 6.07) is 7.94. The Morgan fingerprint density at radius 2 is 2.06 bits per heavy atom. The van der Waals surface area contributed by atoms with E-state index in [-0.39, 0.29) is 0 Å². The number of hydrogen-bond donors (Lipinski definition) is 1. The van der Waals surface area contributed by atoms with Crippen molar-refractivity contribution >= 4 is 6.09 Å². The van der Waals surface area contributed by atoms with E-state index in [0.29, 0.717) is 25.7 Å². The molecule has 0 aliphatic carbocycles. The first kappa shape index (κ1) is 14.4. The van der Waals surface area contributed by atoms with Gasteiger partial charge in [0.1, 0.15) is 12.4 Å². The third kappa shape index (κ3) is 4.65. The molecule has 0 aliphatic heterocycles. The summed E-state index contributed by atoms with van der Waals surface area (Å²) in [6.07, 6.45) is -0.404. The average molecular weight is 251 g/mol. The molecule has 0 fully saturated rings. The van der Waals surface area contributed by atoms with E-state index < -0.39 is 6.09 Å². The second-order valence-corrected chi connectivity index (χ2v) is 4.19. The zero-order valence-corrected chi connectivity index (χ0v) is 11.2. The molecule has 4 nitrogen and oxygen atoms in total. The molecule has 0 aromatic heterocycles. The van der Waals surface area contributed by atoms with Crippen LogP contribution in [0, 0.1) is 0 Å². The number of hydrogen-bond acceptors (Lipinski definition) is 3. The number of ether oxygens (including phenoxy) is 2. The molecule has 1 rings (SSSR count). The molecule has 0 saturated heterocycles. The van der Waals surface area contributed by atoms with Crippen molar-refractivity contribution in [1.82, 2.24) is 5.32 Å². The Hall–Kier alpha value is -1.71. The van der Waals surface area contributed by atoms with Crippen molar-refractivity contribution < 1.29 is 14.3 Å². The number of alkyl carbamates (subject to hydrolysis) is 1. The first-order chi connectivity index (χ1) is 8.65. The van der Waals surface area contributed by atoms with E-state index in [4.69, 9.17) is 9.47 Å². The Bertz CT molecular complexity index is 377. The number of para-hydroxylation sites is 1. The van der Waals surface area contributed by atoms with E-state index in [2.05, 4.69) is 25.2 Å². The van der Waals surface area contributed by atoms with Crippen LogP contribution in [0.15, 0.2) is 24.3 Å². The first-order valence-electron chi connectivity index (χ1n) is 6.27. The van der Waals surface area contributed by atoms with E-state index in [1.54, 1.807) is 6.92 Å². The molecule has 1 amide bonds. The van der Waals surface area contributed by atoms with Gasteiger partial charge >= 0.3 is 6.09 Å². The van der Waals surface area contributed by atoms with Crippen LogP contribution < -0.4 is 10.1 Å². The number of benzene rings is 1. The van der Waals surface area contributed by atoms with E-state index in [0.717, 1.165) is 5.75 Å². The highest BCUT2D eigenvalue weighted by molar-refractivity contribution is 5.66. The van der Waals surface area contributed by atoms with E-state index in [1.165, 1.54) is 5.56 Å². The lowest BCUT2D eigenvalue weighted by molar-refractivity contribution is 0.150. The topological polar surface area (TPSA) is 47.6 Å². The highest BCUT2D eigenvalue weighted by Crippen LogP contribution is 2.25. The maximum Gasteiger partial charge on any atom is 0.407 e. The summed E-state index contributed by atoms with van der Waals surface area (Å²) in [7, 11) is 0. The molecule has 0 bridgehead atoms. The van der Waals surface area contributed by atoms with Crippen LogP contribution in [0.2, 0.25) is 0 Å². The van der Waals surface area contributed by atoms with E-state index in [1.807, 2.05) is 18.2 Å². The van der Waals surface area contributed by atoms with Crippen LogP contribution >= 0.6 is 0 Å². The molecule has 0 heterocycles. The van der Waals surface area contributed by atoms with Crippen molar-refractivity contribution in [3.63, 3.8) is 0 Å². The number of carbonyl (C=O) groups excluding carboxylic acids is 1. The molecule has 0 saturated carbocycles. The normalized spacial score (nSPS) is 10.2. The van der Waals surface area contributed by atoms with Crippen molar-refractivity contribution in [1.29, 1.82) is 0 Å². The maximum atomic E-state index is 11.0. The van der Waals surface area contributed by atoms with Gasteiger partial charge in [0, 0.05) is 0 Å². The predicted molar refractivity (Wildman–Crippen MR) is 71.1 cm³/mol. The van der Waals surface area contributed by atoms with Crippen molar-refractivity contribution in [2.75, 3.05) is 19.8 Å². The lowest BCUT2D eigenvalue weighted by Crippen LogP contribution is -2.28. The molecule has 0 spiro atoms. The number of nitrogens with one attached hydrogen (secondary N) is 1. The van der Waals surface area contributed by atoms with Crippen LogP contribution in [-0.4, -0.2) is 25.9 Å².